The van der Waals surface area contributed by atoms with Crippen molar-refractivity contribution in [3.05, 3.63) is 47.0 Å². The van der Waals surface area contributed by atoms with E-state index in [4.69, 9.17) is 10.5 Å². The zero-order chi connectivity index (χ0) is 14.7. The third-order valence-corrected chi connectivity index (χ3v) is 3.32. The monoisotopic (exact) mass is 277 g/mol. The molecule has 0 spiro atoms. The fourth-order valence-corrected chi connectivity index (χ4v) is 2.42. The van der Waals surface area contributed by atoms with Crippen LogP contribution >= 0.6 is 0 Å². The second-order valence-electron chi connectivity index (χ2n) is 4.76. The van der Waals surface area contributed by atoms with Crippen LogP contribution in [0, 0.1) is 12.7 Å². The molecular weight excluding hydrogens is 257 g/mol. The predicted octanol–water partition coefficient (Wildman–Crippen LogP) is 2.60. The molecular formula is C15H20FN3O. The lowest BCUT2D eigenvalue weighted by molar-refractivity contribution is 0.398. The van der Waals surface area contributed by atoms with Crippen molar-refractivity contribution in [3.63, 3.8) is 0 Å². The Bertz CT molecular complexity index is 595. The number of nitrogens with zero attached hydrogens (tertiary/aromatic N) is 2. The molecule has 0 saturated heterocycles. The first-order chi connectivity index (χ1) is 9.56. The number of ether oxygens (including phenoxy) is 1. The number of methoxy groups -OCH3 is 1. The van der Waals surface area contributed by atoms with Crippen molar-refractivity contribution >= 4 is 0 Å². The number of benzene rings is 1. The normalized spacial score (nSPS) is 12.4. The summed E-state index contributed by atoms with van der Waals surface area (Å²) < 4.78 is 21.1. The molecule has 2 aromatic rings. The SMILES string of the molecule is CCn1nc(C)cc1CC(N)c1c(F)cccc1OC. The lowest BCUT2D eigenvalue weighted by atomic mass is 10.0. The third kappa shape index (κ3) is 2.82. The minimum absolute atomic E-state index is 0.337. The summed E-state index contributed by atoms with van der Waals surface area (Å²) in [5.41, 5.74) is 8.53. The highest BCUT2D eigenvalue weighted by Crippen LogP contribution is 2.28. The van der Waals surface area contributed by atoms with Crippen LogP contribution < -0.4 is 10.5 Å². The van der Waals surface area contributed by atoms with Gasteiger partial charge in [-0.3, -0.25) is 4.68 Å². The van der Waals surface area contributed by atoms with Crippen molar-refractivity contribution < 1.29 is 9.13 Å². The van der Waals surface area contributed by atoms with Crippen LogP contribution in [0.15, 0.2) is 24.3 Å². The molecule has 0 aliphatic carbocycles. The van der Waals surface area contributed by atoms with E-state index in [0.29, 0.717) is 17.7 Å². The molecule has 0 fully saturated rings. The van der Waals surface area contributed by atoms with Crippen LogP contribution in [0.2, 0.25) is 0 Å². The number of hydrogen-bond donors (Lipinski definition) is 1. The van der Waals surface area contributed by atoms with Gasteiger partial charge in [0.05, 0.1) is 12.8 Å². The highest BCUT2D eigenvalue weighted by molar-refractivity contribution is 5.37. The van der Waals surface area contributed by atoms with E-state index in [1.807, 2.05) is 24.6 Å². The Hall–Kier alpha value is -1.88. The highest BCUT2D eigenvalue weighted by Gasteiger charge is 2.19. The fraction of sp³-hybridized carbons (Fsp3) is 0.400. The maximum absolute atomic E-state index is 14.0. The van der Waals surface area contributed by atoms with Crippen LogP contribution in [-0.4, -0.2) is 16.9 Å². The largest absolute Gasteiger partial charge is 0.496 e. The summed E-state index contributed by atoms with van der Waals surface area (Å²) >= 11 is 0. The van der Waals surface area contributed by atoms with Crippen LogP contribution in [0.5, 0.6) is 5.75 Å². The molecule has 0 bridgehead atoms. The standard InChI is InChI=1S/C15H20FN3O/c1-4-19-11(8-10(2)18-19)9-13(17)15-12(16)6-5-7-14(15)20-3/h5-8,13H,4,9,17H2,1-3H3. The van der Waals surface area contributed by atoms with Crippen LogP contribution in [-0.2, 0) is 13.0 Å². The third-order valence-electron chi connectivity index (χ3n) is 3.32. The summed E-state index contributed by atoms with van der Waals surface area (Å²) in [6, 6.07) is 6.26. The number of nitrogens with two attached hydrogens (primary N) is 1. The molecule has 1 atom stereocenters. The van der Waals surface area contributed by atoms with Gasteiger partial charge in [-0.1, -0.05) is 6.07 Å². The van der Waals surface area contributed by atoms with E-state index >= 15 is 0 Å². The molecule has 20 heavy (non-hydrogen) atoms. The molecule has 0 saturated carbocycles. The summed E-state index contributed by atoms with van der Waals surface area (Å²) in [6.45, 7) is 4.72. The van der Waals surface area contributed by atoms with Gasteiger partial charge in [0.2, 0.25) is 0 Å². The Morgan fingerprint density at radius 1 is 1.45 bits per heavy atom. The van der Waals surface area contributed by atoms with Gasteiger partial charge in [-0.25, -0.2) is 4.39 Å². The van der Waals surface area contributed by atoms with Gasteiger partial charge < -0.3 is 10.5 Å². The van der Waals surface area contributed by atoms with Crippen molar-refractivity contribution in [2.45, 2.75) is 32.9 Å². The van der Waals surface area contributed by atoms with E-state index in [-0.39, 0.29) is 5.82 Å². The van der Waals surface area contributed by atoms with Crippen molar-refractivity contribution in [1.82, 2.24) is 9.78 Å². The molecule has 0 amide bonds. The summed E-state index contributed by atoms with van der Waals surface area (Å²) in [5.74, 6) is 0.146. The zero-order valence-electron chi connectivity index (χ0n) is 12.1. The maximum atomic E-state index is 14.0. The summed E-state index contributed by atoms with van der Waals surface area (Å²) in [7, 11) is 1.52. The first-order valence-electron chi connectivity index (χ1n) is 6.68. The average Bonchev–Trinajstić information content (AvgIpc) is 2.78. The minimum Gasteiger partial charge on any atom is -0.496 e. The second kappa shape index (κ2) is 6.05. The first-order valence-corrected chi connectivity index (χ1v) is 6.68. The lowest BCUT2D eigenvalue weighted by Crippen LogP contribution is -2.18. The molecule has 0 aliphatic heterocycles. The fourth-order valence-electron chi connectivity index (χ4n) is 2.42. The molecule has 1 aromatic heterocycles. The van der Waals surface area contributed by atoms with Gasteiger partial charge in [0, 0.05) is 30.3 Å². The van der Waals surface area contributed by atoms with Crippen LogP contribution in [0.1, 0.15) is 29.9 Å². The second-order valence-corrected chi connectivity index (χ2v) is 4.76. The molecule has 4 nitrogen and oxygen atoms in total. The Balaban J connectivity index is 2.30. The van der Waals surface area contributed by atoms with Gasteiger partial charge in [-0.15, -0.1) is 0 Å². The van der Waals surface area contributed by atoms with E-state index < -0.39 is 6.04 Å². The summed E-state index contributed by atoms with van der Waals surface area (Å²) in [4.78, 5) is 0. The van der Waals surface area contributed by atoms with Crippen LogP contribution in [0.4, 0.5) is 4.39 Å². The Labute approximate surface area is 118 Å². The molecule has 1 heterocycles. The maximum Gasteiger partial charge on any atom is 0.131 e. The molecule has 0 aliphatic rings. The smallest absolute Gasteiger partial charge is 0.131 e. The number of hydrogen-bond acceptors (Lipinski definition) is 3. The summed E-state index contributed by atoms with van der Waals surface area (Å²) in [5, 5.41) is 4.38. The van der Waals surface area contributed by atoms with Gasteiger partial charge in [0.25, 0.3) is 0 Å². The van der Waals surface area contributed by atoms with Gasteiger partial charge in [0.15, 0.2) is 0 Å². The topological polar surface area (TPSA) is 53.1 Å². The highest BCUT2D eigenvalue weighted by atomic mass is 19.1. The summed E-state index contributed by atoms with van der Waals surface area (Å²) in [6.07, 6.45) is 0.520. The number of aromatic nitrogens is 2. The quantitative estimate of drug-likeness (QED) is 0.914. The van der Waals surface area contributed by atoms with E-state index in [0.717, 1.165) is 17.9 Å². The van der Waals surface area contributed by atoms with E-state index in [1.54, 1.807) is 12.1 Å². The van der Waals surface area contributed by atoms with Crippen molar-refractivity contribution in [3.8, 4) is 5.75 Å². The molecule has 0 radical (unpaired) electrons. The zero-order valence-corrected chi connectivity index (χ0v) is 12.1. The lowest BCUT2D eigenvalue weighted by Gasteiger charge is -2.17. The van der Waals surface area contributed by atoms with Crippen molar-refractivity contribution in [2.75, 3.05) is 7.11 Å². The van der Waals surface area contributed by atoms with E-state index in [2.05, 4.69) is 5.10 Å². The van der Waals surface area contributed by atoms with Gasteiger partial charge in [-0.05, 0) is 32.0 Å². The Morgan fingerprint density at radius 2 is 2.20 bits per heavy atom. The van der Waals surface area contributed by atoms with Gasteiger partial charge in [-0.2, -0.15) is 5.10 Å². The predicted molar refractivity (Wildman–Crippen MR) is 76.2 cm³/mol. The minimum atomic E-state index is -0.465. The van der Waals surface area contributed by atoms with Gasteiger partial charge >= 0.3 is 0 Å². The van der Waals surface area contributed by atoms with E-state index in [9.17, 15) is 4.39 Å². The Morgan fingerprint density at radius 3 is 2.85 bits per heavy atom. The Kier molecular flexibility index (Phi) is 4.39. The average molecular weight is 277 g/mol. The molecule has 2 rings (SSSR count). The van der Waals surface area contributed by atoms with E-state index in [1.165, 1.54) is 13.2 Å². The number of aryl methyl sites for hydroxylation is 2. The number of rotatable bonds is 5. The molecule has 5 heteroatoms. The first kappa shape index (κ1) is 14.5. The molecule has 2 N–H and O–H groups in total. The molecule has 1 aromatic carbocycles. The van der Waals surface area contributed by atoms with Crippen molar-refractivity contribution in [1.29, 1.82) is 0 Å². The molecule has 108 valence electrons. The van der Waals surface area contributed by atoms with Crippen LogP contribution in [0.25, 0.3) is 0 Å². The number of halogens is 1. The molecule has 1 unspecified atom stereocenters. The van der Waals surface area contributed by atoms with Crippen LogP contribution in [0.3, 0.4) is 0 Å². The van der Waals surface area contributed by atoms with Gasteiger partial charge in [0.1, 0.15) is 11.6 Å². The van der Waals surface area contributed by atoms with Crippen molar-refractivity contribution in [2.24, 2.45) is 5.73 Å².